The summed E-state index contributed by atoms with van der Waals surface area (Å²) < 4.78 is 41.6. The van der Waals surface area contributed by atoms with Gasteiger partial charge in [-0.15, -0.1) is 23.1 Å². The Balaban J connectivity index is 1.75. The highest BCUT2D eigenvalue weighted by Gasteiger charge is 2.26. The van der Waals surface area contributed by atoms with Crippen molar-refractivity contribution >= 4 is 49.3 Å². The van der Waals surface area contributed by atoms with Crippen LogP contribution in [-0.4, -0.2) is 48.8 Å². The van der Waals surface area contributed by atoms with E-state index in [0.29, 0.717) is 31.2 Å². The molecule has 5 aromatic rings. The summed E-state index contributed by atoms with van der Waals surface area (Å²) in [7, 11) is -2.49. The topological polar surface area (TPSA) is 146 Å². The van der Waals surface area contributed by atoms with E-state index >= 15 is 0 Å². The second-order valence-corrected chi connectivity index (χ2v) is 13.4. The van der Waals surface area contributed by atoms with Gasteiger partial charge >= 0.3 is 11.7 Å². The number of nitrogens with one attached hydrogen (secondary N) is 1. The molecule has 0 saturated heterocycles. The molecular formula is C31H29N3O8S3. The summed E-state index contributed by atoms with van der Waals surface area (Å²) in [6, 6.07) is 22.2. The molecule has 3 aromatic carbocycles. The third kappa shape index (κ3) is 6.89. The summed E-state index contributed by atoms with van der Waals surface area (Å²) in [6.45, 7) is -1.05. The van der Waals surface area contributed by atoms with Gasteiger partial charge in [-0.05, 0) is 59.8 Å². The zero-order valence-corrected chi connectivity index (χ0v) is 26.7. The Morgan fingerprint density at radius 3 is 2.33 bits per heavy atom. The summed E-state index contributed by atoms with van der Waals surface area (Å²) >= 11 is 2.65. The molecule has 2 heterocycles. The molecule has 14 heteroatoms. The van der Waals surface area contributed by atoms with Gasteiger partial charge in [0.2, 0.25) is 10.0 Å². The van der Waals surface area contributed by atoms with Crippen LogP contribution in [0.4, 0.5) is 0 Å². The zero-order chi connectivity index (χ0) is 32.1. The Hall–Kier alpha value is -4.21. The summed E-state index contributed by atoms with van der Waals surface area (Å²) in [5.41, 5.74) is 0.162. The minimum atomic E-state index is -3.99. The third-order valence-electron chi connectivity index (χ3n) is 6.92. The molecule has 0 amide bonds. The third-order valence-corrected chi connectivity index (χ3v) is 10.5. The normalized spacial score (nSPS) is 11.6. The number of thiophene rings is 1. The number of thioether (sulfide) groups is 1. The lowest BCUT2D eigenvalue weighted by molar-refractivity contribution is -0.137. The highest BCUT2D eigenvalue weighted by atomic mass is 32.2. The summed E-state index contributed by atoms with van der Waals surface area (Å²) in [4.78, 5) is 41.3. The SMILES string of the molecule is COCOc1ccc(-c2sc3c(c2CNS(=O)(=O)c2ccccc2)c(=O)n(CC(=O)O)c(=O)n3Cc2ccccc2SC)cc1. The fourth-order valence-corrected chi connectivity index (χ4v) is 7.75. The fraction of sp³-hybridized carbons (Fsp3) is 0.194. The van der Waals surface area contributed by atoms with Gasteiger partial charge in [0.05, 0.1) is 16.8 Å². The van der Waals surface area contributed by atoms with E-state index < -0.39 is 33.8 Å². The number of methoxy groups -OCH3 is 1. The molecule has 0 aliphatic carbocycles. The maximum absolute atomic E-state index is 13.9. The molecule has 2 aromatic heterocycles. The maximum Gasteiger partial charge on any atom is 0.332 e. The van der Waals surface area contributed by atoms with Crippen molar-refractivity contribution in [2.75, 3.05) is 20.2 Å². The largest absolute Gasteiger partial charge is 0.480 e. The number of fused-ring (bicyclic) bond motifs is 1. The first kappa shape index (κ1) is 32.2. The molecule has 0 atom stereocenters. The number of hydrogen-bond acceptors (Lipinski definition) is 9. The number of aromatic nitrogens is 2. The average molecular weight is 668 g/mol. The Morgan fingerprint density at radius 2 is 1.67 bits per heavy atom. The van der Waals surface area contributed by atoms with Gasteiger partial charge in [0.25, 0.3) is 5.56 Å². The number of benzene rings is 3. The van der Waals surface area contributed by atoms with E-state index in [9.17, 15) is 27.9 Å². The number of aliphatic carboxylic acids is 1. The molecule has 0 spiro atoms. The van der Waals surface area contributed by atoms with Crippen molar-refractivity contribution in [2.45, 2.75) is 29.4 Å². The second-order valence-electron chi connectivity index (χ2n) is 9.77. The smallest absolute Gasteiger partial charge is 0.332 e. The Morgan fingerprint density at radius 1 is 0.978 bits per heavy atom. The van der Waals surface area contributed by atoms with E-state index in [2.05, 4.69) is 4.72 Å². The lowest BCUT2D eigenvalue weighted by Crippen LogP contribution is -2.41. The van der Waals surface area contributed by atoms with E-state index in [-0.39, 0.29) is 30.2 Å². The predicted octanol–water partition coefficient (Wildman–Crippen LogP) is 4.21. The fourth-order valence-electron chi connectivity index (χ4n) is 4.82. The van der Waals surface area contributed by atoms with Gasteiger partial charge in [-0.1, -0.05) is 36.4 Å². The number of ether oxygens (including phenoxy) is 2. The van der Waals surface area contributed by atoms with E-state index in [4.69, 9.17) is 9.47 Å². The van der Waals surface area contributed by atoms with E-state index in [1.54, 1.807) is 42.5 Å². The van der Waals surface area contributed by atoms with Crippen LogP contribution < -0.4 is 20.7 Å². The van der Waals surface area contributed by atoms with Crippen molar-refractivity contribution in [1.29, 1.82) is 0 Å². The van der Waals surface area contributed by atoms with E-state index in [1.165, 1.54) is 35.6 Å². The second kappa shape index (κ2) is 13.8. The van der Waals surface area contributed by atoms with Crippen LogP contribution in [0.3, 0.4) is 0 Å². The van der Waals surface area contributed by atoms with Crippen LogP contribution in [-0.2, 0) is 39.2 Å². The average Bonchev–Trinajstić information content (AvgIpc) is 3.43. The minimum absolute atomic E-state index is 0.0413. The monoisotopic (exact) mass is 667 g/mol. The first-order valence-corrected chi connectivity index (χ1v) is 17.1. The maximum atomic E-state index is 13.9. The molecule has 0 unspecified atom stereocenters. The van der Waals surface area contributed by atoms with Gasteiger partial charge in [-0.2, -0.15) is 0 Å². The summed E-state index contributed by atoms with van der Waals surface area (Å²) in [6.07, 6.45) is 1.91. The van der Waals surface area contributed by atoms with Crippen molar-refractivity contribution in [2.24, 2.45) is 0 Å². The van der Waals surface area contributed by atoms with Gasteiger partial charge in [-0.25, -0.2) is 22.5 Å². The van der Waals surface area contributed by atoms with Crippen LogP contribution in [0.25, 0.3) is 20.7 Å². The van der Waals surface area contributed by atoms with Gasteiger partial charge in [-0.3, -0.25) is 14.2 Å². The molecule has 0 bridgehead atoms. The van der Waals surface area contributed by atoms with Crippen LogP contribution in [0.1, 0.15) is 11.1 Å². The lowest BCUT2D eigenvalue weighted by Gasteiger charge is -2.14. The van der Waals surface area contributed by atoms with Crippen LogP contribution >= 0.6 is 23.1 Å². The van der Waals surface area contributed by atoms with Crippen molar-refractivity contribution in [3.05, 3.63) is 111 Å². The van der Waals surface area contributed by atoms with E-state index in [1.807, 2.05) is 30.5 Å². The number of carboxylic acid groups (broad SMARTS) is 1. The quantitative estimate of drug-likeness (QED) is 0.139. The standard InChI is InChI=1S/C31H29N3O8S3/c1-41-19-42-22-14-12-20(13-15-22)28-24(16-32-45(39,40)23-9-4-3-5-10-23)27-29(37)33(18-26(35)36)31(38)34(30(27)44-28)17-21-8-6-7-11-25(21)43-2/h3-15,32H,16-19H2,1-2H3,(H,35,36). The van der Waals surface area contributed by atoms with Gasteiger partial charge < -0.3 is 14.6 Å². The lowest BCUT2D eigenvalue weighted by atomic mass is 10.1. The predicted molar refractivity (Wildman–Crippen MR) is 174 cm³/mol. The van der Waals surface area contributed by atoms with E-state index in [0.717, 1.165) is 21.8 Å². The number of sulfonamides is 1. The molecule has 45 heavy (non-hydrogen) atoms. The molecule has 0 fully saturated rings. The molecule has 0 radical (unpaired) electrons. The van der Waals surface area contributed by atoms with Crippen LogP contribution in [0.2, 0.25) is 0 Å². The van der Waals surface area contributed by atoms with Gasteiger partial charge in [0, 0.05) is 29.0 Å². The molecule has 0 saturated carbocycles. The number of hydrogen-bond donors (Lipinski definition) is 2. The molecule has 0 aliphatic rings. The number of carbonyl (C=O) groups is 1. The van der Waals surface area contributed by atoms with Crippen LogP contribution in [0.5, 0.6) is 5.75 Å². The molecule has 5 rings (SSSR count). The Labute approximate surface area is 266 Å². The van der Waals surface area contributed by atoms with Crippen molar-refractivity contribution in [3.63, 3.8) is 0 Å². The summed E-state index contributed by atoms with van der Waals surface area (Å²) in [5, 5.41) is 9.67. The number of carboxylic acids is 1. The highest BCUT2D eigenvalue weighted by Crippen LogP contribution is 2.38. The van der Waals surface area contributed by atoms with Crippen LogP contribution in [0, 0.1) is 0 Å². The number of nitrogens with zero attached hydrogens (tertiary/aromatic N) is 2. The van der Waals surface area contributed by atoms with Crippen molar-refractivity contribution in [3.8, 4) is 16.2 Å². The molecule has 11 nitrogen and oxygen atoms in total. The number of rotatable bonds is 13. The highest BCUT2D eigenvalue weighted by molar-refractivity contribution is 7.98. The zero-order valence-electron chi connectivity index (χ0n) is 24.3. The minimum Gasteiger partial charge on any atom is -0.480 e. The molecule has 234 valence electrons. The molecular weight excluding hydrogens is 639 g/mol. The Bertz CT molecular complexity index is 2070. The van der Waals surface area contributed by atoms with Crippen molar-refractivity contribution in [1.82, 2.24) is 13.9 Å². The molecule has 2 N–H and O–H groups in total. The van der Waals surface area contributed by atoms with Gasteiger partial charge in [0.15, 0.2) is 6.79 Å². The van der Waals surface area contributed by atoms with Gasteiger partial charge in [0.1, 0.15) is 17.1 Å². The molecule has 0 aliphatic heterocycles. The Kier molecular flexibility index (Phi) is 9.90. The van der Waals surface area contributed by atoms with Crippen molar-refractivity contribution < 1.29 is 27.8 Å². The summed E-state index contributed by atoms with van der Waals surface area (Å²) in [5.74, 6) is -0.833. The first-order chi connectivity index (χ1) is 21.6. The van der Waals surface area contributed by atoms with Crippen LogP contribution in [0.15, 0.2) is 98.2 Å². The first-order valence-electron chi connectivity index (χ1n) is 13.5.